The topological polar surface area (TPSA) is 64.4 Å². The van der Waals surface area contributed by atoms with Crippen molar-refractivity contribution < 1.29 is 9.53 Å². The highest BCUT2D eigenvalue weighted by Crippen LogP contribution is 2.32. The summed E-state index contributed by atoms with van der Waals surface area (Å²) in [6.07, 6.45) is 6.97. The summed E-state index contributed by atoms with van der Waals surface area (Å²) in [6, 6.07) is 0.317. The molecule has 0 radical (unpaired) electrons. The Morgan fingerprint density at radius 3 is 2.62 bits per heavy atom. The van der Waals surface area contributed by atoms with Crippen molar-refractivity contribution in [2.24, 2.45) is 11.7 Å². The van der Waals surface area contributed by atoms with Gasteiger partial charge in [-0.15, -0.1) is 0 Å². The highest BCUT2D eigenvalue weighted by Gasteiger charge is 2.27. The third kappa shape index (κ3) is 4.49. The highest BCUT2D eigenvalue weighted by molar-refractivity contribution is 5.79. The van der Waals surface area contributed by atoms with Crippen molar-refractivity contribution in [1.29, 1.82) is 0 Å². The van der Waals surface area contributed by atoms with Crippen LogP contribution in [0, 0.1) is 5.92 Å². The molecule has 0 aromatic heterocycles. The molecule has 1 atom stereocenters. The first kappa shape index (κ1) is 11.9. The summed E-state index contributed by atoms with van der Waals surface area (Å²) in [7, 11) is 0. The van der Waals surface area contributed by atoms with E-state index in [0.29, 0.717) is 19.1 Å². The van der Waals surface area contributed by atoms with Crippen LogP contribution in [-0.2, 0) is 9.53 Å². The fourth-order valence-electron chi connectivity index (χ4n) is 1.80. The smallest absolute Gasteiger partial charge is 0.234 e. The minimum atomic E-state index is -0.252. The molecule has 0 bridgehead atoms. The Hall–Kier alpha value is -0.610. The monoisotopic (exact) mass is 226 g/mol. The lowest BCUT2D eigenvalue weighted by atomic mass is 10.2. The third-order valence-electron chi connectivity index (χ3n) is 3.28. The molecule has 0 saturated heterocycles. The molecule has 3 N–H and O–H groups in total. The molecule has 0 aliphatic heterocycles. The number of carbonyl (C=O) groups excluding carboxylic acids is 1. The summed E-state index contributed by atoms with van der Waals surface area (Å²) in [5, 5.41) is 3.25. The fourth-order valence-corrected chi connectivity index (χ4v) is 1.80. The first-order valence-electron chi connectivity index (χ1n) is 6.39. The maximum atomic E-state index is 11.1. The van der Waals surface area contributed by atoms with Crippen LogP contribution in [0.4, 0.5) is 0 Å². The molecule has 2 aliphatic rings. The number of ether oxygens (including phenoxy) is 1. The van der Waals surface area contributed by atoms with Gasteiger partial charge in [0.1, 0.15) is 0 Å². The SMILES string of the molecule is NC(=O)C(CCOCCC1CC1)NC1CC1. The van der Waals surface area contributed by atoms with Gasteiger partial charge in [-0.05, 0) is 31.6 Å². The fraction of sp³-hybridized carbons (Fsp3) is 0.917. The molecule has 2 saturated carbocycles. The van der Waals surface area contributed by atoms with Crippen molar-refractivity contribution >= 4 is 5.91 Å². The van der Waals surface area contributed by atoms with Gasteiger partial charge in [0.15, 0.2) is 0 Å². The molecule has 92 valence electrons. The van der Waals surface area contributed by atoms with Gasteiger partial charge in [-0.2, -0.15) is 0 Å². The third-order valence-corrected chi connectivity index (χ3v) is 3.28. The van der Waals surface area contributed by atoms with E-state index in [1.165, 1.54) is 32.1 Å². The average Bonchev–Trinajstić information content (AvgIpc) is 3.10. The number of carbonyl (C=O) groups is 1. The van der Waals surface area contributed by atoms with Crippen LogP contribution in [0.25, 0.3) is 0 Å². The summed E-state index contributed by atoms with van der Waals surface area (Å²) in [6.45, 7) is 1.47. The Bertz CT molecular complexity index is 237. The molecule has 1 unspecified atom stereocenters. The van der Waals surface area contributed by atoms with Crippen LogP contribution in [0.3, 0.4) is 0 Å². The molecule has 16 heavy (non-hydrogen) atoms. The average molecular weight is 226 g/mol. The van der Waals surface area contributed by atoms with Gasteiger partial charge in [0, 0.05) is 19.3 Å². The van der Waals surface area contributed by atoms with Crippen LogP contribution in [0.15, 0.2) is 0 Å². The molecule has 0 spiro atoms. The lowest BCUT2D eigenvalue weighted by Crippen LogP contribution is -2.43. The van der Waals surface area contributed by atoms with E-state index in [2.05, 4.69) is 5.32 Å². The first-order chi connectivity index (χ1) is 7.75. The van der Waals surface area contributed by atoms with Gasteiger partial charge in [-0.1, -0.05) is 12.8 Å². The Morgan fingerprint density at radius 1 is 1.31 bits per heavy atom. The lowest BCUT2D eigenvalue weighted by Gasteiger charge is -2.14. The van der Waals surface area contributed by atoms with E-state index in [0.717, 1.165) is 12.5 Å². The number of nitrogens with one attached hydrogen (secondary N) is 1. The summed E-state index contributed by atoms with van der Waals surface area (Å²) >= 11 is 0. The highest BCUT2D eigenvalue weighted by atomic mass is 16.5. The number of primary amides is 1. The van der Waals surface area contributed by atoms with Gasteiger partial charge in [-0.25, -0.2) is 0 Å². The second-order valence-corrected chi connectivity index (χ2v) is 5.03. The van der Waals surface area contributed by atoms with E-state index >= 15 is 0 Å². The number of amides is 1. The van der Waals surface area contributed by atoms with Crippen molar-refractivity contribution in [3.63, 3.8) is 0 Å². The summed E-state index contributed by atoms with van der Waals surface area (Å²) in [4.78, 5) is 11.1. The molecule has 4 nitrogen and oxygen atoms in total. The summed E-state index contributed by atoms with van der Waals surface area (Å²) in [5.74, 6) is 0.661. The minimum absolute atomic E-state index is 0.201. The van der Waals surface area contributed by atoms with Crippen molar-refractivity contribution in [3.05, 3.63) is 0 Å². The molecule has 0 aromatic carbocycles. The molecule has 4 heteroatoms. The van der Waals surface area contributed by atoms with E-state index in [4.69, 9.17) is 10.5 Å². The number of hydrogen-bond donors (Lipinski definition) is 2. The number of nitrogens with two attached hydrogens (primary N) is 1. The lowest BCUT2D eigenvalue weighted by molar-refractivity contribution is -0.120. The second-order valence-electron chi connectivity index (χ2n) is 5.03. The van der Waals surface area contributed by atoms with Crippen molar-refractivity contribution in [3.8, 4) is 0 Å². The van der Waals surface area contributed by atoms with Gasteiger partial charge in [0.2, 0.25) is 5.91 Å². The Labute approximate surface area is 96.9 Å². The number of rotatable bonds is 9. The van der Waals surface area contributed by atoms with Crippen LogP contribution in [-0.4, -0.2) is 31.2 Å². The van der Waals surface area contributed by atoms with Crippen LogP contribution >= 0.6 is 0 Å². The van der Waals surface area contributed by atoms with Gasteiger partial charge in [0.05, 0.1) is 6.04 Å². The normalized spacial score (nSPS) is 22.0. The number of hydrogen-bond acceptors (Lipinski definition) is 3. The summed E-state index contributed by atoms with van der Waals surface area (Å²) in [5.41, 5.74) is 5.33. The zero-order valence-electron chi connectivity index (χ0n) is 9.78. The predicted molar refractivity (Wildman–Crippen MR) is 61.9 cm³/mol. The van der Waals surface area contributed by atoms with E-state index < -0.39 is 0 Å². The predicted octanol–water partition coefficient (Wildman–Crippen LogP) is 0.799. The minimum Gasteiger partial charge on any atom is -0.381 e. The van der Waals surface area contributed by atoms with Gasteiger partial charge >= 0.3 is 0 Å². The molecular formula is C12H22N2O2. The largest absolute Gasteiger partial charge is 0.381 e. The Kier molecular flexibility index (Phi) is 4.18. The second kappa shape index (κ2) is 5.64. The van der Waals surface area contributed by atoms with Gasteiger partial charge in [0.25, 0.3) is 0 Å². The van der Waals surface area contributed by atoms with E-state index in [1.807, 2.05) is 0 Å². The van der Waals surface area contributed by atoms with Gasteiger partial charge in [-0.3, -0.25) is 4.79 Å². The first-order valence-corrected chi connectivity index (χ1v) is 6.39. The van der Waals surface area contributed by atoms with Crippen LogP contribution in [0.1, 0.15) is 38.5 Å². The van der Waals surface area contributed by atoms with Crippen LogP contribution < -0.4 is 11.1 Å². The molecule has 2 aliphatic carbocycles. The van der Waals surface area contributed by atoms with Crippen molar-refractivity contribution in [2.75, 3.05) is 13.2 Å². The maximum Gasteiger partial charge on any atom is 0.234 e. The zero-order chi connectivity index (χ0) is 11.4. The maximum absolute atomic E-state index is 11.1. The van der Waals surface area contributed by atoms with Crippen molar-refractivity contribution in [1.82, 2.24) is 5.32 Å². The van der Waals surface area contributed by atoms with Crippen molar-refractivity contribution in [2.45, 2.75) is 50.6 Å². The molecule has 2 fully saturated rings. The standard InChI is InChI=1S/C12H22N2O2/c13-12(15)11(14-10-3-4-10)6-8-16-7-5-9-1-2-9/h9-11,14H,1-8H2,(H2,13,15). The van der Waals surface area contributed by atoms with Crippen LogP contribution in [0.5, 0.6) is 0 Å². The van der Waals surface area contributed by atoms with Gasteiger partial charge < -0.3 is 15.8 Å². The Morgan fingerprint density at radius 2 is 2.06 bits per heavy atom. The Balaban J connectivity index is 1.51. The molecule has 1 amide bonds. The van der Waals surface area contributed by atoms with E-state index in [-0.39, 0.29) is 11.9 Å². The summed E-state index contributed by atoms with van der Waals surface area (Å²) < 4.78 is 5.52. The van der Waals surface area contributed by atoms with E-state index in [1.54, 1.807) is 0 Å². The molecule has 2 rings (SSSR count). The van der Waals surface area contributed by atoms with E-state index in [9.17, 15) is 4.79 Å². The molecule has 0 aromatic rings. The quantitative estimate of drug-likeness (QED) is 0.572. The molecule has 0 heterocycles. The molecular weight excluding hydrogens is 204 g/mol. The zero-order valence-corrected chi connectivity index (χ0v) is 9.78. The van der Waals surface area contributed by atoms with Crippen LogP contribution in [0.2, 0.25) is 0 Å².